The largest absolute Gasteiger partial charge is 0.326 e. The van der Waals surface area contributed by atoms with Crippen molar-refractivity contribution in [3.63, 3.8) is 0 Å². The zero-order valence-electron chi connectivity index (χ0n) is 9.94. The van der Waals surface area contributed by atoms with Gasteiger partial charge >= 0.3 is 0 Å². The second-order valence-corrected chi connectivity index (χ2v) is 7.37. The summed E-state index contributed by atoms with van der Waals surface area (Å²) < 4.78 is 22.0. The van der Waals surface area contributed by atoms with E-state index < -0.39 is 14.6 Å². The van der Waals surface area contributed by atoms with Crippen molar-refractivity contribution in [1.29, 1.82) is 0 Å². The number of halogens is 1. The summed E-state index contributed by atoms with van der Waals surface area (Å²) in [5.41, 5.74) is -0.637. The van der Waals surface area contributed by atoms with Crippen LogP contribution in [-0.2, 0) is 13.8 Å². The molecule has 0 aromatic heterocycles. The first-order chi connectivity index (χ1) is 7.72. The van der Waals surface area contributed by atoms with Gasteiger partial charge in [0, 0.05) is 29.6 Å². The van der Waals surface area contributed by atoms with Gasteiger partial charge in [-0.15, -0.1) is 6.42 Å². The molecule has 0 spiro atoms. The van der Waals surface area contributed by atoms with Crippen LogP contribution in [0, 0.1) is 18.3 Å². The number of nitrogens with zero attached hydrogens (tertiary/aromatic N) is 1. The Morgan fingerprint density at radius 1 is 1.65 bits per heavy atom. The van der Waals surface area contributed by atoms with Crippen molar-refractivity contribution in [2.75, 3.05) is 12.3 Å². The van der Waals surface area contributed by atoms with Gasteiger partial charge in [0.2, 0.25) is 15.0 Å². The van der Waals surface area contributed by atoms with Gasteiger partial charge < -0.3 is 4.90 Å². The highest BCUT2D eigenvalue weighted by molar-refractivity contribution is 8.13. The molecular formula is C11H16ClNO3S. The molecule has 1 heterocycles. The number of rotatable bonds is 4. The van der Waals surface area contributed by atoms with Gasteiger partial charge in [-0.1, -0.05) is 12.8 Å². The average molecular weight is 278 g/mol. The van der Waals surface area contributed by atoms with Crippen LogP contribution < -0.4 is 0 Å². The predicted molar refractivity (Wildman–Crippen MR) is 67.0 cm³/mol. The Morgan fingerprint density at radius 3 is 2.65 bits per heavy atom. The second-order valence-electron chi connectivity index (χ2n) is 4.55. The van der Waals surface area contributed by atoms with Gasteiger partial charge in [-0.25, -0.2) is 8.42 Å². The first-order valence-corrected chi connectivity index (χ1v) is 7.90. The van der Waals surface area contributed by atoms with Gasteiger partial charge in [-0.05, 0) is 13.3 Å². The van der Waals surface area contributed by atoms with E-state index in [0.717, 1.165) is 0 Å². The lowest BCUT2D eigenvalue weighted by Gasteiger charge is -2.33. The smallest absolute Gasteiger partial charge is 0.232 e. The zero-order valence-corrected chi connectivity index (χ0v) is 11.5. The Morgan fingerprint density at radius 2 is 2.24 bits per heavy atom. The fraction of sp³-hybridized carbons (Fsp3) is 0.727. The SMILES string of the molecule is C#CC(C)(CC)N1CC(CS(=O)(=O)Cl)CC1=O. The highest BCUT2D eigenvalue weighted by atomic mass is 35.7. The summed E-state index contributed by atoms with van der Waals surface area (Å²) in [5.74, 6) is 2.07. The third kappa shape index (κ3) is 3.36. The number of carbonyl (C=O) groups is 1. The molecule has 0 aromatic carbocycles. The van der Waals surface area contributed by atoms with Crippen molar-refractivity contribution in [3.05, 3.63) is 0 Å². The quantitative estimate of drug-likeness (QED) is 0.573. The molecule has 17 heavy (non-hydrogen) atoms. The Hall–Kier alpha value is -0.730. The molecule has 0 radical (unpaired) electrons. The van der Waals surface area contributed by atoms with Crippen LogP contribution in [0.1, 0.15) is 26.7 Å². The molecule has 6 heteroatoms. The molecule has 4 nitrogen and oxygen atoms in total. The van der Waals surface area contributed by atoms with Crippen molar-refractivity contribution in [1.82, 2.24) is 4.90 Å². The zero-order chi connectivity index (χ0) is 13.3. The van der Waals surface area contributed by atoms with Gasteiger partial charge in [0.25, 0.3) is 0 Å². The topological polar surface area (TPSA) is 54.5 Å². The minimum Gasteiger partial charge on any atom is -0.326 e. The van der Waals surface area contributed by atoms with Gasteiger partial charge in [0.05, 0.1) is 5.75 Å². The molecule has 0 aromatic rings. The summed E-state index contributed by atoms with van der Waals surface area (Å²) in [6.07, 6.45) is 6.28. The average Bonchev–Trinajstić information content (AvgIpc) is 2.56. The summed E-state index contributed by atoms with van der Waals surface area (Å²) in [4.78, 5) is 13.4. The third-order valence-corrected chi connectivity index (χ3v) is 4.48. The summed E-state index contributed by atoms with van der Waals surface area (Å²) in [6, 6.07) is 0. The lowest BCUT2D eigenvalue weighted by Crippen LogP contribution is -2.45. The van der Waals surface area contributed by atoms with Crippen molar-refractivity contribution < 1.29 is 13.2 Å². The Labute approximate surface area is 107 Å². The standard InChI is InChI=1S/C11H16ClNO3S/c1-4-11(3,5-2)13-7-9(6-10(13)14)8-17(12,15)16/h1,9H,5-8H2,2-3H3. The van der Waals surface area contributed by atoms with Crippen molar-refractivity contribution in [2.24, 2.45) is 5.92 Å². The number of carbonyl (C=O) groups excluding carboxylic acids is 1. The Kier molecular flexibility index (Phi) is 4.11. The molecule has 0 bridgehead atoms. The highest BCUT2D eigenvalue weighted by Gasteiger charge is 2.40. The van der Waals surface area contributed by atoms with Crippen molar-refractivity contribution >= 4 is 25.6 Å². The van der Waals surface area contributed by atoms with Crippen molar-refractivity contribution in [3.8, 4) is 12.3 Å². The normalized spacial score (nSPS) is 24.5. The molecule has 2 atom stereocenters. The van der Waals surface area contributed by atoms with Crippen LogP contribution in [0.5, 0.6) is 0 Å². The molecule has 96 valence electrons. The minimum absolute atomic E-state index is 0.0994. The Bertz CT molecular complexity index is 454. The van der Waals surface area contributed by atoms with Crippen molar-refractivity contribution in [2.45, 2.75) is 32.2 Å². The van der Waals surface area contributed by atoms with Crippen LogP contribution >= 0.6 is 10.7 Å². The minimum atomic E-state index is -3.57. The lowest BCUT2D eigenvalue weighted by atomic mass is 9.98. The number of hydrogen-bond donors (Lipinski definition) is 0. The van der Waals surface area contributed by atoms with E-state index in [2.05, 4.69) is 5.92 Å². The molecule has 1 amide bonds. The summed E-state index contributed by atoms with van der Waals surface area (Å²) in [5, 5.41) is 0. The molecule has 1 fully saturated rings. The summed E-state index contributed by atoms with van der Waals surface area (Å²) in [6.45, 7) is 4.07. The van der Waals surface area contributed by atoms with E-state index in [-0.39, 0.29) is 24.0 Å². The maximum absolute atomic E-state index is 11.8. The number of terminal acetylenes is 1. The predicted octanol–water partition coefficient (Wildman–Crippen LogP) is 1.21. The molecular weight excluding hydrogens is 262 g/mol. The molecule has 1 aliphatic rings. The van der Waals surface area contributed by atoms with Gasteiger partial charge in [-0.2, -0.15) is 0 Å². The monoisotopic (exact) mass is 277 g/mol. The van der Waals surface area contributed by atoms with E-state index in [0.29, 0.717) is 13.0 Å². The van der Waals surface area contributed by atoms with Crippen LogP contribution in [0.2, 0.25) is 0 Å². The maximum atomic E-state index is 11.8. The van der Waals surface area contributed by atoms with Crippen LogP contribution in [0.4, 0.5) is 0 Å². The van der Waals surface area contributed by atoms with Crippen LogP contribution in [0.15, 0.2) is 0 Å². The number of likely N-dealkylation sites (tertiary alicyclic amines) is 1. The highest BCUT2D eigenvalue weighted by Crippen LogP contribution is 2.29. The molecule has 0 saturated carbocycles. The third-order valence-electron chi connectivity index (χ3n) is 3.24. The molecule has 0 N–H and O–H groups in total. The lowest BCUT2D eigenvalue weighted by molar-refractivity contribution is -0.131. The van der Waals surface area contributed by atoms with E-state index in [4.69, 9.17) is 17.1 Å². The van der Waals surface area contributed by atoms with Gasteiger partial charge in [-0.3, -0.25) is 4.79 Å². The van der Waals surface area contributed by atoms with E-state index in [1.807, 2.05) is 13.8 Å². The fourth-order valence-corrected chi connectivity index (χ4v) is 3.34. The molecule has 0 aliphatic carbocycles. The molecule has 1 aliphatic heterocycles. The van der Waals surface area contributed by atoms with E-state index in [1.54, 1.807) is 4.90 Å². The maximum Gasteiger partial charge on any atom is 0.232 e. The van der Waals surface area contributed by atoms with Crippen LogP contribution in [0.25, 0.3) is 0 Å². The Balaban J connectivity index is 2.82. The van der Waals surface area contributed by atoms with E-state index >= 15 is 0 Å². The molecule has 1 rings (SSSR count). The number of hydrogen-bond acceptors (Lipinski definition) is 3. The molecule has 2 unspecified atom stereocenters. The van der Waals surface area contributed by atoms with Gasteiger partial charge in [0.15, 0.2) is 0 Å². The van der Waals surface area contributed by atoms with E-state index in [9.17, 15) is 13.2 Å². The fourth-order valence-electron chi connectivity index (χ4n) is 2.02. The van der Waals surface area contributed by atoms with Gasteiger partial charge in [0.1, 0.15) is 5.54 Å². The summed E-state index contributed by atoms with van der Waals surface area (Å²) in [7, 11) is 1.62. The van der Waals surface area contributed by atoms with Crippen LogP contribution in [0.3, 0.4) is 0 Å². The van der Waals surface area contributed by atoms with Crippen LogP contribution in [-0.4, -0.2) is 37.1 Å². The summed E-state index contributed by atoms with van der Waals surface area (Å²) >= 11 is 0. The second kappa shape index (κ2) is 4.87. The number of amides is 1. The molecule has 1 saturated heterocycles. The first kappa shape index (κ1) is 14.3. The van der Waals surface area contributed by atoms with E-state index in [1.165, 1.54) is 0 Å². The first-order valence-electron chi connectivity index (χ1n) is 5.42.